The molecule has 0 aromatic heterocycles. The number of carbonyl (C=O) groups excluding carboxylic acids is 1. The predicted molar refractivity (Wildman–Crippen MR) is 105 cm³/mol. The highest BCUT2D eigenvalue weighted by molar-refractivity contribution is 7.89. The average Bonchev–Trinajstić information content (AvgIpc) is 2.73. The summed E-state index contributed by atoms with van der Waals surface area (Å²) in [5, 5.41) is 2.88. The number of piperidine rings is 1. The summed E-state index contributed by atoms with van der Waals surface area (Å²) >= 11 is 0. The van der Waals surface area contributed by atoms with Crippen LogP contribution in [0.2, 0.25) is 0 Å². The van der Waals surface area contributed by atoms with Crippen molar-refractivity contribution >= 4 is 15.9 Å². The first-order chi connectivity index (χ1) is 13.4. The molecule has 0 aliphatic carbocycles. The highest BCUT2D eigenvalue weighted by atomic mass is 32.2. The molecule has 1 atom stereocenters. The van der Waals surface area contributed by atoms with Crippen molar-refractivity contribution in [2.24, 2.45) is 5.92 Å². The first-order valence-corrected chi connectivity index (χ1v) is 11.0. The van der Waals surface area contributed by atoms with Gasteiger partial charge >= 0.3 is 0 Å². The molecule has 158 valence electrons. The van der Waals surface area contributed by atoms with Gasteiger partial charge in [0.2, 0.25) is 15.9 Å². The van der Waals surface area contributed by atoms with Crippen LogP contribution in [0, 0.1) is 5.92 Å². The number of benzene rings is 1. The van der Waals surface area contributed by atoms with Crippen molar-refractivity contribution in [2.45, 2.75) is 31.1 Å². The average molecular weight is 415 g/mol. The van der Waals surface area contributed by atoms with Gasteiger partial charge in [-0.25, -0.2) is 8.42 Å². The summed E-state index contributed by atoms with van der Waals surface area (Å²) in [6.07, 6.45) is 2.02. The fourth-order valence-corrected chi connectivity index (χ4v) is 4.87. The van der Waals surface area contributed by atoms with E-state index in [0.29, 0.717) is 44.9 Å². The molecule has 1 aliphatic rings. The van der Waals surface area contributed by atoms with E-state index in [1.165, 1.54) is 24.6 Å². The summed E-state index contributed by atoms with van der Waals surface area (Å²) in [5.74, 6) is 0.199. The van der Waals surface area contributed by atoms with Crippen LogP contribution in [0.15, 0.2) is 23.1 Å². The zero-order valence-electron chi connectivity index (χ0n) is 16.8. The van der Waals surface area contributed by atoms with Gasteiger partial charge in [-0.2, -0.15) is 4.31 Å². The molecule has 0 unspecified atom stereocenters. The Hall–Kier alpha value is -1.84. The molecule has 1 amide bonds. The Labute approximate surface area is 167 Å². The fraction of sp³-hybridized carbons (Fsp3) is 0.632. The van der Waals surface area contributed by atoms with Gasteiger partial charge in [0.05, 0.1) is 20.1 Å². The number of rotatable bonds is 10. The third-order valence-electron chi connectivity index (χ3n) is 4.71. The van der Waals surface area contributed by atoms with Crippen LogP contribution in [0.1, 0.15) is 26.2 Å². The second kappa shape index (κ2) is 10.6. The van der Waals surface area contributed by atoms with Crippen molar-refractivity contribution in [3.05, 3.63) is 18.2 Å². The van der Waals surface area contributed by atoms with E-state index in [-0.39, 0.29) is 29.0 Å². The molecule has 0 radical (unpaired) electrons. The first-order valence-electron chi connectivity index (χ1n) is 9.51. The van der Waals surface area contributed by atoms with Crippen LogP contribution in [0.3, 0.4) is 0 Å². The van der Waals surface area contributed by atoms with Crippen LogP contribution in [0.5, 0.6) is 11.5 Å². The summed E-state index contributed by atoms with van der Waals surface area (Å²) in [6, 6.07) is 4.66. The van der Waals surface area contributed by atoms with Crippen molar-refractivity contribution in [1.29, 1.82) is 0 Å². The zero-order chi connectivity index (χ0) is 20.6. The van der Waals surface area contributed by atoms with Crippen LogP contribution in [-0.4, -0.2) is 65.7 Å². The second-order valence-electron chi connectivity index (χ2n) is 6.56. The molecule has 1 fully saturated rings. The Morgan fingerprint density at radius 1 is 1.29 bits per heavy atom. The molecule has 1 saturated heterocycles. The molecule has 9 heteroatoms. The number of carbonyl (C=O) groups is 1. The first kappa shape index (κ1) is 22.4. The van der Waals surface area contributed by atoms with Crippen molar-refractivity contribution < 1.29 is 27.4 Å². The van der Waals surface area contributed by atoms with Crippen molar-refractivity contribution in [1.82, 2.24) is 9.62 Å². The summed E-state index contributed by atoms with van der Waals surface area (Å²) in [4.78, 5) is 12.5. The molecule has 1 N–H and O–H groups in total. The molecule has 28 heavy (non-hydrogen) atoms. The van der Waals surface area contributed by atoms with Gasteiger partial charge in [-0.3, -0.25) is 4.79 Å². The highest BCUT2D eigenvalue weighted by Gasteiger charge is 2.35. The second-order valence-corrected chi connectivity index (χ2v) is 8.47. The number of sulfonamides is 1. The summed E-state index contributed by atoms with van der Waals surface area (Å²) in [6.45, 7) is 4.21. The normalized spacial score (nSPS) is 17.9. The topological polar surface area (TPSA) is 94.2 Å². The quantitative estimate of drug-likeness (QED) is 0.585. The maximum Gasteiger partial charge on any atom is 0.246 e. The highest BCUT2D eigenvalue weighted by Crippen LogP contribution is 2.32. The number of nitrogens with one attached hydrogen (secondary N) is 1. The third-order valence-corrected chi connectivity index (χ3v) is 6.60. The third kappa shape index (κ3) is 5.59. The summed E-state index contributed by atoms with van der Waals surface area (Å²) in [5.41, 5.74) is 0. The largest absolute Gasteiger partial charge is 0.497 e. The molecular formula is C19H30N2O6S. The molecule has 8 nitrogen and oxygen atoms in total. The van der Waals surface area contributed by atoms with E-state index in [4.69, 9.17) is 14.2 Å². The lowest BCUT2D eigenvalue weighted by Gasteiger charge is -2.31. The van der Waals surface area contributed by atoms with Gasteiger partial charge in [0.1, 0.15) is 16.4 Å². The van der Waals surface area contributed by atoms with Gasteiger partial charge in [0.25, 0.3) is 0 Å². The molecule has 0 bridgehead atoms. The van der Waals surface area contributed by atoms with Gasteiger partial charge in [0.15, 0.2) is 0 Å². The Bertz CT molecular complexity index is 753. The molecule has 1 aromatic carbocycles. The van der Waals surface area contributed by atoms with Gasteiger partial charge in [-0.1, -0.05) is 0 Å². The van der Waals surface area contributed by atoms with E-state index in [1.807, 2.05) is 6.92 Å². The van der Waals surface area contributed by atoms with E-state index >= 15 is 0 Å². The molecule has 0 saturated carbocycles. The van der Waals surface area contributed by atoms with Crippen molar-refractivity contribution in [3.8, 4) is 11.5 Å². The minimum atomic E-state index is -3.81. The number of hydrogen-bond donors (Lipinski definition) is 1. The monoisotopic (exact) mass is 414 g/mol. The Morgan fingerprint density at radius 3 is 2.75 bits per heavy atom. The van der Waals surface area contributed by atoms with Gasteiger partial charge in [0, 0.05) is 38.9 Å². The molecule has 2 rings (SSSR count). The molecule has 1 aromatic rings. The number of nitrogens with zero attached hydrogens (tertiary/aromatic N) is 1. The SMILES string of the molecule is CCOCCCNC(=O)[C@@H]1CCCN(S(=O)(=O)c2cc(OC)ccc2OC)C1. The minimum Gasteiger partial charge on any atom is -0.497 e. The number of hydrogen-bond acceptors (Lipinski definition) is 6. The number of methoxy groups -OCH3 is 2. The lowest BCUT2D eigenvalue weighted by atomic mass is 9.99. The zero-order valence-corrected chi connectivity index (χ0v) is 17.6. The molecular weight excluding hydrogens is 384 g/mol. The fourth-order valence-electron chi connectivity index (χ4n) is 3.17. The van der Waals surface area contributed by atoms with E-state index in [0.717, 1.165) is 6.42 Å². The van der Waals surface area contributed by atoms with Crippen LogP contribution in [0.4, 0.5) is 0 Å². The van der Waals surface area contributed by atoms with Crippen LogP contribution in [0.25, 0.3) is 0 Å². The van der Waals surface area contributed by atoms with Crippen LogP contribution in [-0.2, 0) is 19.6 Å². The van der Waals surface area contributed by atoms with E-state index in [9.17, 15) is 13.2 Å². The van der Waals surface area contributed by atoms with E-state index in [2.05, 4.69) is 5.32 Å². The lowest BCUT2D eigenvalue weighted by Crippen LogP contribution is -2.45. The maximum absolute atomic E-state index is 13.2. The molecule has 1 aliphatic heterocycles. The van der Waals surface area contributed by atoms with Crippen molar-refractivity contribution in [3.63, 3.8) is 0 Å². The standard InChI is InChI=1S/C19H30N2O6S/c1-4-27-12-6-10-20-19(22)15-7-5-11-21(14-15)28(23,24)18-13-16(25-2)8-9-17(18)26-3/h8-9,13,15H,4-7,10-12,14H2,1-3H3,(H,20,22)/t15-/m1/s1. The Balaban J connectivity index is 2.07. The maximum atomic E-state index is 13.2. The van der Waals surface area contributed by atoms with Crippen LogP contribution >= 0.6 is 0 Å². The van der Waals surface area contributed by atoms with Crippen LogP contribution < -0.4 is 14.8 Å². The minimum absolute atomic E-state index is 0.0483. The smallest absolute Gasteiger partial charge is 0.246 e. The van der Waals surface area contributed by atoms with Gasteiger partial charge in [-0.05, 0) is 38.3 Å². The lowest BCUT2D eigenvalue weighted by molar-refractivity contribution is -0.126. The predicted octanol–water partition coefficient (Wildman–Crippen LogP) is 1.65. The summed E-state index contributed by atoms with van der Waals surface area (Å²) in [7, 11) is -0.905. The number of ether oxygens (including phenoxy) is 3. The molecule has 0 spiro atoms. The molecule has 1 heterocycles. The Kier molecular flexibility index (Phi) is 8.53. The van der Waals surface area contributed by atoms with E-state index < -0.39 is 10.0 Å². The van der Waals surface area contributed by atoms with E-state index in [1.54, 1.807) is 12.1 Å². The number of amides is 1. The Morgan fingerprint density at radius 2 is 2.07 bits per heavy atom. The van der Waals surface area contributed by atoms with Gasteiger partial charge in [-0.15, -0.1) is 0 Å². The van der Waals surface area contributed by atoms with Crippen molar-refractivity contribution in [2.75, 3.05) is 47.1 Å². The summed E-state index contributed by atoms with van der Waals surface area (Å²) < 4.78 is 43.4. The van der Waals surface area contributed by atoms with Gasteiger partial charge < -0.3 is 19.5 Å².